The Hall–Kier alpha value is -4.76. The maximum absolute atomic E-state index is 12.0. The zero-order valence-corrected chi connectivity index (χ0v) is 23.6. The van der Waals surface area contributed by atoms with Crippen molar-refractivity contribution in [2.24, 2.45) is 0 Å². The number of aromatic nitrogens is 5. The maximum atomic E-state index is 12.0. The lowest BCUT2D eigenvalue weighted by Gasteiger charge is -2.33. The monoisotopic (exact) mass is 559 g/mol. The Morgan fingerprint density at radius 2 is 1.90 bits per heavy atom. The molecule has 0 unspecified atom stereocenters. The number of likely N-dealkylation sites (tertiary alicyclic amines) is 1. The number of carbonyl (C=O) groups excluding carboxylic acids is 1. The highest BCUT2D eigenvalue weighted by atomic mass is 16.5. The van der Waals surface area contributed by atoms with Gasteiger partial charge in [0.1, 0.15) is 5.69 Å². The lowest BCUT2D eigenvalue weighted by atomic mass is 9.99. The molecule has 0 spiro atoms. The summed E-state index contributed by atoms with van der Waals surface area (Å²) in [7, 11) is 1.63. The molecule has 0 radical (unpaired) electrons. The Bertz CT molecular complexity index is 1750. The fourth-order valence-electron chi connectivity index (χ4n) is 6.38. The number of benzene rings is 2. The van der Waals surface area contributed by atoms with Crippen molar-refractivity contribution in [1.29, 1.82) is 0 Å². The normalized spacial score (nSPS) is 17.0. The third-order valence-corrected chi connectivity index (χ3v) is 8.52. The molecule has 3 aromatic heterocycles. The average molecular weight is 560 g/mol. The van der Waals surface area contributed by atoms with Gasteiger partial charge in [0.25, 0.3) is 0 Å². The lowest BCUT2D eigenvalue weighted by molar-refractivity contribution is -0.127. The van der Waals surface area contributed by atoms with Crippen LogP contribution < -0.4 is 10.1 Å². The van der Waals surface area contributed by atoms with Gasteiger partial charge in [0, 0.05) is 54.1 Å². The number of aromatic amines is 1. The molecule has 1 amide bonds. The van der Waals surface area contributed by atoms with Crippen LogP contribution in [-0.4, -0.2) is 61.8 Å². The average Bonchev–Trinajstić information content (AvgIpc) is 3.80. The molecular weight excluding hydrogens is 526 g/mol. The number of carbonyl (C=O) groups is 1. The second-order valence-corrected chi connectivity index (χ2v) is 11.0. The lowest BCUT2D eigenvalue weighted by Crippen LogP contribution is -2.45. The molecule has 1 atom stereocenters. The van der Waals surface area contributed by atoms with E-state index in [0.717, 1.165) is 78.2 Å². The number of piperidine rings is 1. The van der Waals surface area contributed by atoms with Gasteiger partial charge in [-0.25, -0.2) is 9.50 Å². The number of imidazole rings is 1. The van der Waals surface area contributed by atoms with E-state index in [1.807, 2.05) is 39.7 Å². The van der Waals surface area contributed by atoms with Gasteiger partial charge in [-0.3, -0.25) is 9.89 Å². The van der Waals surface area contributed by atoms with Crippen molar-refractivity contribution >= 4 is 11.6 Å². The predicted molar refractivity (Wildman–Crippen MR) is 162 cm³/mol. The van der Waals surface area contributed by atoms with E-state index in [0.29, 0.717) is 18.0 Å². The van der Waals surface area contributed by atoms with E-state index in [2.05, 4.69) is 52.4 Å². The van der Waals surface area contributed by atoms with E-state index in [1.165, 1.54) is 17.2 Å². The first-order valence-corrected chi connectivity index (χ1v) is 14.5. The number of amides is 1. The van der Waals surface area contributed by atoms with Crippen molar-refractivity contribution in [2.75, 3.05) is 20.2 Å². The van der Waals surface area contributed by atoms with Crippen LogP contribution in [0.2, 0.25) is 0 Å². The summed E-state index contributed by atoms with van der Waals surface area (Å²) in [4.78, 5) is 19.1. The molecule has 1 fully saturated rings. The summed E-state index contributed by atoms with van der Waals surface area (Å²) in [5.41, 5.74) is 9.02. The minimum atomic E-state index is 0.0272. The fourth-order valence-corrected chi connectivity index (χ4v) is 6.38. The van der Waals surface area contributed by atoms with E-state index in [1.54, 1.807) is 13.3 Å². The van der Waals surface area contributed by atoms with E-state index in [-0.39, 0.29) is 5.91 Å². The molecule has 5 aromatic rings. The molecule has 0 bridgehead atoms. The summed E-state index contributed by atoms with van der Waals surface area (Å²) in [5.74, 6) is 0.523. The smallest absolute Gasteiger partial charge is 0.245 e. The highest BCUT2D eigenvalue weighted by molar-refractivity contribution is 5.87. The van der Waals surface area contributed by atoms with Gasteiger partial charge in [-0.05, 0) is 55.0 Å². The van der Waals surface area contributed by atoms with Gasteiger partial charge < -0.3 is 15.0 Å². The molecule has 1 aliphatic carbocycles. The number of H-pyrrole nitrogens is 1. The summed E-state index contributed by atoms with van der Waals surface area (Å²) >= 11 is 0. The van der Waals surface area contributed by atoms with Crippen molar-refractivity contribution in [3.63, 3.8) is 0 Å². The Labute approximate surface area is 244 Å². The number of hydrogen-bond donors (Lipinski definition) is 2. The van der Waals surface area contributed by atoms with Crippen LogP contribution >= 0.6 is 0 Å². The molecule has 212 valence electrons. The third-order valence-electron chi connectivity index (χ3n) is 8.52. The number of ether oxygens (including phenoxy) is 1. The van der Waals surface area contributed by atoms with Crippen LogP contribution in [0, 0.1) is 0 Å². The minimum Gasteiger partial charge on any atom is -0.480 e. The number of rotatable bonds is 7. The molecule has 9 heteroatoms. The third kappa shape index (κ3) is 4.65. The molecule has 1 aliphatic heterocycles. The van der Waals surface area contributed by atoms with Gasteiger partial charge >= 0.3 is 0 Å². The summed E-state index contributed by atoms with van der Waals surface area (Å²) in [6.45, 7) is 5.17. The summed E-state index contributed by atoms with van der Waals surface area (Å²) in [5, 5.41) is 15.9. The van der Waals surface area contributed by atoms with E-state index in [4.69, 9.17) is 14.8 Å². The zero-order valence-electron chi connectivity index (χ0n) is 23.6. The SMILES string of the molecule is C=CC(=O)N1CCC(N[C@H]2CCc3cc(-c4nc5c(-c6ccn[nH]6)cc(OC)nn5c4-c4ccccc4)ccc32)CC1. The largest absolute Gasteiger partial charge is 0.480 e. The number of methoxy groups -OCH3 is 1. The topological polar surface area (TPSA) is 100 Å². The molecule has 9 nitrogen and oxygen atoms in total. The van der Waals surface area contributed by atoms with Crippen molar-refractivity contribution in [3.05, 3.63) is 90.6 Å². The molecular formula is C33H33N7O2. The van der Waals surface area contributed by atoms with Crippen LogP contribution in [0.15, 0.2) is 79.5 Å². The standard InChI is InChI=1S/C33H33N7O2/c1-3-30(41)39-17-14-24(15-18-39)35-27-12-10-22-19-23(9-11-25(22)27)31-32(21-7-5-4-6-8-21)40-33(36-31)26(20-29(38-40)42-2)28-13-16-34-37-28/h3-9,11,13,16,19-20,24,27,35H,1,10,12,14-15,17-18H2,2H3,(H,34,37)/t27-/m0/s1. The Morgan fingerprint density at radius 1 is 1.07 bits per heavy atom. The Morgan fingerprint density at radius 3 is 2.64 bits per heavy atom. The first-order chi connectivity index (χ1) is 20.6. The van der Waals surface area contributed by atoms with Crippen LogP contribution in [0.1, 0.15) is 36.4 Å². The van der Waals surface area contributed by atoms with E-state index < -0.39 is 0 Å². The number of nitrogens with one attached hydrogen (secondary N) is 2. The van der Waals surface area contributed by atoms with Gasteiger partial charge in [0.15, 0.2) is 5.65 Å². The van der Waals surface area contributed by atoms with Gasteiger partial charge in [0.2, 0.25) is 11.8 Å². The highest BCUT2D eigenvalue weighted by Crippen LogP contribution is 2.39. The number of aryl methyl sites for hydroxylation is 1. The van der Waals surface area contributed by atoms with Crippen LogP contribution in [-0.2, 0) is 11.2 Å². The van der Waals surface area contributed by atoms with Crippen LogP contribution in [0.3, 0.4) is 0 Å². The molecule has 2 N–H and O–H groups in total. The zero-order chi connectivity index (χ0) is 28.6. The van der Waals surface area contributed by atoms with Crippen LogP contribution in [0.4, 0.5) is 0 Å². The highest BCUT2D eigenvalue weighted by Gasteiger charge is 2.29. The molecule has 2 aromatic carbocycles. The first kappa shape index (κ1) is 26.2. The summed E-state index contributed by atoms with van der Waals surface area (Å²) in [6, 6.07) is 21.5. The van der Waals surface area contributed by atoms with Crippen molar-refractivity contribution < 1.29 is 9.53 Å². The number of hydrogen-bond acceptors (Lipinski definition) is 6. The van der Waals surface area contributed by atoms with Crippen LogP contribution in [0.25, 0.3) is 39.4 Å². The summed E-state index contributed by atoms with van der Waals surface area (Å²) in [6.07, 6.45) is 7.13. The van der Waals surface area contributed by atoms with Gasteiger partial charge in [-0.15, -0.1) is 5.10 Å². The number of nitrogens with zero attached hydrogens (tertiary/aromatic N) is 5. The maximum Gasteiger partial charge on any atom is 0.245 e. The van der Waals surface area contributed by atoms with E-state index >= 15 is 0 Å². The Balaban J connectivity index is 1.25. The van der Waals surface area contributed by atoms with Gasteiger partial charge in [-0.1, -0.05) is 49.0 Å². The van der Waals surface area contributed by atoms with E-state index in [9.17, 15) is 4.79 Å². The Kier molecular flexibility index (Phi) is 6.79. The molecule has 7 rings (SSSR count). The van der Waals surface area contributed by atoms with Crippen molar-refractivity contribution in [3.8, 4) is 39.7 Å². The van der Waals surface area contributed by atoms with Crippen molar-refractivity contribution in [2.45, 2.75) is 37.8 Å². The van der Waals surface area contributed by atoms with Gasteiger partial charge in [0.05, 0.1) is 18.5 Å². The molecule has 1 saturated heterocycles. The molecule has 2 aliphatic rings. The molecule has 4 heterocycles. The van der Waals surface area contributed by atoms with Crippen LogP contribution in [0.5, 0.6) is 5.88 Å². The fraction of sp³-hybridized carbons (Fsp3) is 0.273. The molecule has 42 heavy (non-hydrogen) atoms. The molecule has 0 saturated carbocycles. The quantitative estimate of drug-likeness (QED) is 0.266. The first-order valence-electron chi connectivity index (χ1n) is 14.5. The second-order valence-electron chi connectivity index (χ2n) is 11.0. The van der Waals surface area contributed by atoms with Crippen molar-refractivity contribution in [1.82, 2.24) is 35.0 Å². The van der Waals surface area contributed by atoms with Gasteiger partial charge in [-0.2, -0.15) is 5.10 Å². The minimum absolute atomic E-state index is 0.0272. The second kappa shape index (κ2) is 10.9. The predicted octanol–water partition coefficient (Wildman–Crippen LogP) is 5.22. The number of fused-ring (bicyclic) bond motifs is 2. The summed E-state index contributed by atoms with van der Waals surface area (Å²) < 4.78 is 7.49.